The van der Waals surface area contributed by atoms with Crippen LogP contribution in [0.15, 0.2) is 71.6 Å². The molecule has 0 bridgehead atoms. The molecule has 43 heavy (non-hydrogen) atoms. The number of hydrogen-bond acceptors (Lipinski definition) is 4. The zero-order valence-electron chi connectivity index (χ0n) is 24.9. The molecule has 7 nitrogen and oxygen atoms in total. The zero-order chi connectivity index (χ0) is 31.1. The Bertz CT molecular complexity index is 1520. The summed E-state index contributed by atoms with van der Waals surface area (Å²) in [6.07, 6.45) is 5.45. The predicted octanol–water partition coefficient (Wildman–Crippen LogP) is 7.06. The molecule has 1 aliphatic rings. The highest BCUT2D eigenvalue weighted by molar-refractivity contribution is 7.92. The van der Waals surface area contributed by atoms with Crippen LogP contribution in [0.5, 0.6) is 0 Å². The van der Waals surface area contributed by atoms with Crippen LogP contribution in [0.1, 0.15) is 62.1 Å². The Balaban J connectivity index is 1.74. The lowest BCUT2D eigenvalue weighted by Crippen LogP contribution is -2.54. The van der Waals surface area contributed by atoms with E-state index in [0.717, 1.165) is 53.1 Å². The van der Waals surface area contributed by atoms with E-state index in [-0.39, 0.29) is 39.1 Å². The maximum atomic E-state index is 14.3. The fraction of sp³-hybridized carbons (Fsp3) is 0.394. The van der Waals surface area contributed by atoms with E-state index in [9.17, 15) is 18.0 Å². The minimum absolute atomic E-state index is 0.0227. The summed E-state index contributed by atoms with van der Waals surface area (Å²) in [4.78, 5) is 29.5. The SMILES string of the molecule is CCC(C(=O)NC1CCCCC1)N(Cc1ccccc1C)C(=O)CN(c1cc(Cl)cc(Cl)c1)S(=O)(=O)c1ccc(C)cc1. The maximum Gasteiger partial charge on any atom is 0.264 e. The van der Waals surface area contributed by atoms with Crippen LogP contribution in [-0.2, 0) is 26.2 Å². The number of sulfonamides is 1. The standard InChI is InChI=1S/C33H39Cl2N3O4S/c1-4-31(33(40)36-28-12-6-5-7-13-28)37(21-25-11-9-8-10-24(25)3)32(39)22-38(29-19-26(34)18-27(35)20-29)43(41,42)30-16-14-23(2)15-17-30/h8-11,14-20,28,31H,4-7,12-13,21-22H2,1-3H3,(H,36,40). The summed E-state index contributed by atoms with van der Waals surface area (Å²) in [6.45, 7) is 5.27. The van der Waals surface area contributed by atoms with E-state index in [1.54, 1.807) is 12.1 Å². The lowest BCUT2D eigenvalue weighted by Gasteiger charge is -2.34. The number of benzene rings is 3. The average Bonchev–Trinajstić information content (AvgIpc) is 2.96. The van der Waals surface area contributed by atoms with Crippen LogP contribution < -0.4 is 9.62 Å². The summed E-state index contributed by atoms with van der Waals surface area (Å²) in [7, 11) is -4.22. The van der Waals surface area contributed by atoms with Crippen molar-refractivity contribution in [3.8, 4) is 0 Å². The molecule has 0 aliphatic heterocycles. The molecule has 1 fully saturated rings. The Morgan fingerprint density at radius 3 is 2.16 bits per heavy atom. The minimum Gasteiger partial charge on any atom is -0.352 e. The summed E-state index contributed by atoms with van der Waals surface area (Å²) in [6, 6.07) is 17.8. The molecule has 230 valence electrons. The second kappa shape index (κ2) is 14.6. The van der Waals surface area contributed by atoms with E-state index in [4.69, 9.17) is 23.2 Å². The van der Waals surface area contributed by atoms with Gasteiger partial charge >= 0.3 is 0 Å². The number of carbonyl (C=O) groups is 2. The van der Waals surface area contributed by atoms with Gasteiger partial charge in [0.05, 0.1) is 10.6 Å². The van der Waals surface area contributed by atoms with Gasteiger partial charge in [0.2, 0.25) is 11.8 Å². The smallest absolute Gasteiger partial charge is 0.264 e. The Kier molecular flexibility index (Phi) is 11.2. The fourth-order valence-electron chi connectivity index (χ4n) is 5.48. The van der Waals surface area contributed by atoms with Gasteiger partial charge in [-0.2, -0.15) is 0 Å². The third-order valence-corrected chi connectivity index (χ3v) is 10.2. The Hall–Kier alpha value is -3.07. The van der Waals surface area contributed by atoms with Crippen molar-refractivity contribution in [1.82, 2.24) is 10.2 Å². The van der Waals surface area contributed by atoms with Crippen LogP contribution in [0.25, 0.3) is 0 Å². The van der Waals surface area contributed by atoms with Gasteiger partial charge in [0.1, 0.15) is 12.6 Å². The first kappa shape index (κ1) is 32.8. The molecule has 1 unspecified atom stereocenters. The summed E-state index contributed by atoms with van der Waals surface area (Å²) in [5, 5.41) is 3.63. The van der Waals surface area contributed by atoms with E-state index in [1.807, 2.05) is 45.0 Å². The minimum atomic E-state index is -4.22. The van der Waals surface area contributed by atoms with E-state index < -0.39 is 28.5 Å². The number of carbonyl (C=O) groups excluding carboxylic acids is 2. The third-order valence-electron chi connectivity index (χ3n) is 7.96. The van der Waals surface area contributed by atoms with E-state index >= 15 is 0 Å². The molecule has 0 spiro atoms. The molecule has 1 atom stereocenters. The lowest BCUT2D eigenvalue weighted by molar-refractivity contribution is -0.140. The summed E-state index contributed by atoms with van der Waals surface area (Å²) < 4.78 is 29.1. The van der Waals surface area contributed by atoms with Crippen molar-refractivity contribution in [2.24, 2.45) is 0 Å². The zero-order valence-corrected chi connectivity index (χ0v) is 27.2. The van der Waals surface area contributed by atoms with Crippen molar-refractivity contribution < 1.29 is 18.0 Å². The number of rotatable bonds is 11. The van der Waals surface area contributed by atoms with E-state index in [0.29, 0.717) is 6.42 Å². The molecule has 2 amide bonds. The quantitative estimate of drug-likeness (QED) is 0.242. The number of anilines is 1. The highest BCUT2D eigenvalue weighted by Crippen LogP contribution is 2.30. The second-order valence-corrected chi connectivity index (χ2v) is 13.9. The molecule has 3 aromatic carbocycles. The summed E-state index contributed by atoms with van der Waals surface area (Å²) >= 11 is 12.6. The van der Waals surface area contributed by atoms with Gasteiger partial charge in [-0.25, -0.2) is 8.42 Å². The van der Waals surface area contributed by atoms with Gasteiger partial charge in [0.15, 0.2) is 0 Å². The molecule has 0 aromatic heterocycles. The van der Waals surface area contributed by atoms with Crippen LogP contribution >= 0.6 is 23.2 Å². The first-order valence-corrected chi connectivity index (χ1v) is 16.9. The van der Waals surface area contributed by atoms with Gasteiger partial charge in [0, 0.05) is 22.6 Å². The largest absolute Gasteiger partial charge is 0.352 e. The highest BCUT2D eigenvalue weighted by atomic mass is 35.5. The Labute approximate surface area is 265 Å². The monoisotopic (exact) mass is 643 g/mol. The normalized spacial score (nSPS) is 14.6. The molecular weight excluding hydrogens is 605 g/mol. The number of halogens is 2. The number of nitrogens with one attached hydrogen (secondary N) is 1. The molecule has 0 saturated heterocycles. The van der Waals surface area contributed by atoms with Crippen molar-refractivity contribution in [2.45, 2.75) is 82.8 Å². The van der Waals surface area contributed by atoms with Gasteiger partial charge in [-0.15, -0.1) is 0 Å². The van der Waals surface area contributed by atoms with Crippen molar-refractivity contribution >= 4 is 50.7 Å². The van der Waals surface area contributed by atoms with Gasteiger partial charge in [0.25, 0.3) is 10.0 Å². The highest BCUT2D eigenvalue weighted by Gasteiger charge is 2.34. The topological polar surface area (TPSA) is 86.8 Å². The Morgan fingerprint density at radius 1 is 0.930 bits per heavy atom. The van der Waals surface area contributed by atoms with Crippen molar-refractivity contribution in [2.75, 3.05) is 10.8 Å². The number of aryl methyl sites for hydroxylation is 2. The first-order valence-electron chi connectivity index (χ1n) is 14.7. The van der Waals surface area contributed by atoms with Crippen LogP contribution in [0.3, 0.4) is 0 Å². The lowest BCUT2D eigenvalue weighted by atomic mass is 9.95. The van der Waals surface area contributed by atoms with Crippen LogP contribution in [0.4, 0.5) is 5.69 Å². The van der Waals surface area contributed by atoms with Crippen LogP contribution in [0.2, 0.25) is 10.0 Å². The second-order valence-electron chi connectivity index (χ2n) is 11.2. The number of amides is 2. The first-order chi connectivity index (χ1) is 20.5. The molecule has 1 saturated carbocycles. The van der Waals surface area contributed by atoms with Gasteiger partial charge in [-0.05, 0) is 74.6 Å². The molecule has 10 heteroatoms. The molecule has 0 heterocycles. The van der Waals surface area contributed by atoms with Gasteiger partial charge < -0.3 is 10.2 Å². The van der Waals surface area contributed by atoms with Gasteiger partial charge in [-0.3, -0.25) is 13.9 Å². The fourth-order valence-corrected chi connectivity index (χ4v) is 7.40. The van der Waals surface area contributed by atoms with Crippen LogP contribution in [-0.4, -0.2) is 43.8 Å². The van der Waals surface area contributed by atoms with Crippen molar-refractivity contribution in [3.63, 3.8) is 0 Å². The molecule has 3 aromatic rings. The van der Waals surface area contributed by atoms with Crippen LogP contribution in [0, 0.1) is 13.8 Å². The predicted molar refractivity (Wildman–Crippen MR) is 173 cm³/mol. The molecule has 4 rings (SSSR count). The van der Waals surface area contributed by atoms with E-state index in [2.05, 4.69) is 5.32 Å². The number of nitrogens with zero attached hydrogens (tertiary/aromatic N) is 2. The molecule has 1 aliphatic carbocycles. The molecule has 1 N–H and O–H groups in total. The molecular formula is C33H39Cl2N3O4S. The summed E-state index contributed by atoms with van der Waals surface area (Å²) in [5.41, 5.74) is 2.89. The maximum absolute atomic E-state index is 14.3. The van der Waals surface area contributed by atoms with Crippen molar-refractivity contribution in [1.29, 1.82) is 0 Å². The number of hydrogen-bond donors (Lipinski definition) is 1. The Morgan fingerprint density at radius 2 is 1.56 bits per heavy atom. The molecule has 0 radical (unpaired) electrons. The third kappa shape index (κ3) is 8.31. The van der Waals surface area contributed by atoms with E-state index in [1.165, 1.54) is 35.2 Å². The van der Waals surface area contributed by atoms with Gasteiger partial charge in [-0.1, -0.05) is 91.3 Å². The average molecular weight is 645 g/mol. The van der Waals surface area contributed by atoms with Crippen molar-refractivity contribution in [3.05, 3.63) is 93.5 Å². The summed E-state index contributed by atoms with van der Waals surface area (Å²) in [5.74, 6) is -0.740.